The molecule has 0 bridgehead atoms. The van der Waals surface area contributed by atoms with Crippen LogP contribution in [0.2, 0.25) is 0 Å². The van der Waals surface area contributed by atoms with E-state index >= 15 is 0 Å². The molecular formula is C10H20N2. The summed E-state index contributed by atoms with van der Waals surface area (Å²) in [5.41, 5.74) is 1.30. The summed E-state index contributed by atoms with van der Waals surface area (Å²) in [7, 11) is 0. The van der Waals surface area contributed by atoms with Gasteiger partial charge in [0.15, 0.2) is 0 Å². The summed E-state index contributed by atoms with van der Waals surface area (Å²) < 4.78 is 0. The Balaban J connectivity index is 2.75. The number of nitrogens with one attached hydrogen (secondary N) is 1. The zero-order valence-electron chi connectivity index (χ0n) is 8.81. The highest BCUT2D eigenvalue weighted by Crippen LogP contribution is 2.23. The fraction of sp³-hybridized carbons (Fsp3) is 0.900. The minimum Gasteiger partial charge on any atom is -0.288 e. The second-order valence-corrected chi connectivity index (χ2v) is 4.41. The highest BCUT2D eigenvalue weighted by Gasteiger charge is 2.32. The zero-order valence-corrected chi connectivity index (χ0v) is 8.81. The molecule has 70 valence electrons. The Morgan fingerprint density at radius 1 is 1.33 bits per heavy atom. The molecule has 12 heavy (non-hydrogen) atoms. The van der Waals surface area contributed by atoms with Gasteiger partial charge in [-0.3, -0.25) is 10.3 Å². The van der Waals surface area contributed by atoms with Crippen LogP contribution >= 0.6 is 0 Å². The van der Waals surface area contributed by atoms with Gasteiger partial charge in [0.05, 0.1) is 0 Å². The summed E-state index contributed by atoms with van der Waals surface area (Å²) in [6.45, 7) is 12.0. The van der Waals surface area contributed by atoms with Gasteiger partial charge in [-0.1, -0.05) is 27.7 Å². The lowest BCUT2D eigenvalue weighted by Gasteiger charge is -2.25. The van der Waals surface area contributed by atoms with Crippen LogP contribution in [-0.4, -0.2) is 17.9 Å². The monoisotopic (exact) mass is 168 g/mol. The first-order valence-electron chi connectivity index (χ1n) is 4.79. The summed E-state index contributed by atoms with van der Waals surface area (Å²) in [4.78, 5) is 4.72. The van der Waals surface area contributed by atoms with E-state index in [1.807, 2.05) is 0 Å². The molecule has 1 aliphatic rings. The normalized spacial score (nSPS) is 30.1. The van der Waals surface area contributed by atoms with E-state index in [-0.39, 0.29) is 5.66 Å². The van der Waals surface area contributed by atoms with E-state index in [1.54, 1.807) is 0 Å². The van der Waals surface area contributed by atoms with E-state index in [2.05, 4.69) is 39.9 Å². The SMILES string of the molecule is CC(C)C1=NC(C)(C(C)C)NC1. The van der Waals surface area contributed by atoms with Crippen molar-refractivity contribution in [3.8, 4) is 0 Å². The van der Waals surface area contributed by atoms with E-state index in [0.717, 1.165) is 6.54 Å². The van der Waals surface area contributed by atoms with Crippen molar-refractivity contribution >= 4 is 5.71 Å². The topological polar surface area (TPSA) is 24.4 Å². The lowest BCUT2D eigenvalue weighted by molar-refractivity contribution is 0.304. The molecule has 0 spiro atoms. The van der Waals surface area contributed by atoms with Crippen LogP contribution < -0.4 is 5.32 Å². The minimum atomic E-state index is -0.0143. The molecule has 1 atom stereocenters. The Kier molecular flexibility index (Phi) is 2.57. The summed E-state index contributed by atoms with van der Waals surface area (Å²) >= 11 is 0. The molecule has 2 heteroatoms. The third kappa shape index (κ3) is 1.69. The summed E-state index contributed by atoms with van der Waals surface area (Å²) in [6.07, 6.45) is 0. The molecule has 0 aliphatic carbocycles. The van der Waals surface area contributed by atoms with Crippen molar-refractivity contribution in [1.29, 1.82) is 0 Å². The van der Waals surface area contributed by atoms with Crippen molar-refractivity contribution in [2.75, 3.05) is 6.54 Å². The van der Waals surface area contributed by atoms with E-state index < -0.39 is 0 Å². The average molecular weight is 168 g/mol. The number of aliphatic imine (C=N–C) groups is 1. The van der Waals surface area contributed by atoms with Gasteiger partial charge in [-0.2, -0.15) is 0 Å². The molecule has 1 unspecified atom stereocenters. The predicted octanol–water partition coefficient (Wildman–Crippen LogP) is 2.06. The van der Waals surface area contributed by atoms with Crippen LogP contribution in [0, 0.1) is 11.8 Å². The van der Waals surface area contributed by atoms with Gasteiger partial charge < -0.3 is 0 Å². The van der Waals surface area contributed by atoms with E-state index in [9.17, 15) is 0 Å². The van der Waals surface area contributed by atoms with E-state index in [0.29, 0.717) is 11.8 Å². The summed E-state index contributed by atoms with van der Waals surface area (Å²) in [5, 5.41) is 3.46. The lowest BCUT2D eigenvalue weighted by Crippen LogP contribution is -2.41. The Morgan fingerprint density at radius 3 is 2.17 bits per heavy atom. The smallest absolute Gasteiger partial charge is 0.110 e. The van der Waals surface area contributed by atoms with Gasteiger partial charge in [-0.25, -0.2) is 0 Å². The summed E-state index contributed by atoms with van der Waals surface area (Å²) in [5.74, 6) is 1.15. The van der Waals surface area contributed by atoms with Gasteiger partial charge in [-0.05, 0) is 18.8 Å². The molecule has 1 aliphatic heterocycles. The van der Waals surface area contributed by atoms with Gasteiger partial charge in [-0.15, -0.1) is 0 Å². The number of hydrogen-bond donors (Lipinski definition) is 1. The first-order valence-corrected chi connectivity index (χ1v) is 4.79. The molecule has 0 saturated heterocycles. The van der Waals surface area contributed by atoms with Crippen molar-refractivity contribution in [3.05, 3.63) is 0 Å². The Hall–Kier alpha value is -0.370. The second kappa shape index (κ2) is 3.17. The van der Waals surface area contributed by atoms with Crippen LogP contribution in [0.1, 0.15) is 34.6 Å². The molecule has 2 nitrogen and oxygen atoms in total. The fourth-order valence-corrected chi connectivity index (χ4v) is 1.31. The first kappa shape index (κ1) is 9.72. The van der Waals surface area contributed by atoms with Crippen LogP contribution in [0.15, 0.2) is 4.99 Å². The molecule has 0 saturated carbocycles. The third-order valence-corrected chi connectivity index (χ3v) is 2.79. The van der Waals surface area contributed by atoms with Gasteiger partial charge in [0, 0.05) is 12.3 Å². The van der Waals surface area contributed by atoms with Gasteiger partial charge in [0.25, 0.3) is 0 Å². The van der Waals surface area contributed by atoms with Crippen LogP contribution in [0.3, 0.4) is 0 Å². The Labute approximate surface area is 75.5 Å². The molecule has 0 aromatic carbocycles. The fourth-order valence-electron chi connectivity index (χ4n) is 1.31. The lowest BCUT2D eigenvalue weighted by atomic mass is 10.00. The quantitative estimate of drug-likeness (QED) is 0.670. The van der Waals surface area contributed by atoms with E-state index in [1.165, 1.54) is 5.71 Å². The van der Waals surface area contributed by atoms with Crippen LogP contribution in [0.25, 0.3) is 0 Å². The maximum atomic E-state index is 4.72. The number of hydrogen-bond acceptors (Lipinski definition) is 2. The highest BCUT2D eigenvalue weighted by molar-refractivity contribution is 5.90. The van der Waals surface area contributed by atoms with Crippen LogP contribution in [0.5, 0.6) is 0 Å². The zero-order chi connectivity index (χ0) is 9.35. The van der Waals surface area contributed by atoms with Crippen molar-refractivity contribution in [2.45, 2.75) is 40.3 Å². The molecule has 0 aromatic heterocycles. The van der Waals surface area contributed by atoms with Crippen LogP contribution in [0.4, 0.5) is 0 Å². The van der Waals surface area contributed by atoms with Crippen molar-refractivity contribution < 1.29 is 0 Å². The van der Waals surface area contributed by atoms with Crippen molar-refractivity contribution in [1.82, 2.24) is 5.32 Å². The number of nitrogens with zero attached hydrogens (tertiary/aromatic N) is 1. The molecule has 0 aromatic rings. The molecule has 1 rings (SSSR count). The van der Waals surface area contributed by atoms with E-state index in [4.69, 9.17) is 4.99 Å². The predicted molar refractivity (Wildman–Crippen MR) is 53.5 cm³/mol. The van der Waals surface area contributed by atoms with Crippen molar-refractivity contribution in [3.63, 3.8) is 0 Å². The Morgan fingerprint density at radius 2 is 1.92 bits per heavy atom. The van der Waals surface area contributed by atoms with Crippen LogP contribution in [-0.2, 0) is 0 Å². The van der Waals surface area contributed by atoms with Gasteiger partial charge >= 0.3 is 0 Å². The average Bonchev–Trinajstić information content (AvgIpc) is 2.33. The first-order chi connectivity index (χ1) is 5.46. The molecular weight excluding hydrogens is 148 g/mol. The third-order valence-electron chi connectivity index (χ3n) is 2.79. The Bertz CT molecular complexity index is 194. The van der Waals surface area contributed by atoms with Gasteiger partial charge in [0.2, 0.25) is 0 Å². The van der Waals surface area contributed by atoms with Gasteiger partial charge in [0.1, 0.15) is 5.66 Å². The molecule has 1 heterocycles. The standard InChI is InChI=1S/C10H20N2/c1-7(2)9-6-11-10(5,12-9)8(3)4/h7-8,11H,6H2,1-5H3. The molecule has 0 fully saturated rings. The number of rotatable bonds is 2. The molecule has 0 amide bonds. The highest BCUT2D eigenvalue weighted by atomic mass is 15.2. The largest absolute Gasteiger partial charge is 0.288 e. The molecule has 0 radical (unpaired) electrons. The van der Waals surface area contributed by atoms with Crippen molar-refractivity contribution in [2.24, 2.45) is 16.8 Å². The maximum absolute atomic E-state index is 4.72. The maximum Gasteiger partial charge on any atom is 0.110 e. The minimum absolute atomic E-state index is 0.0143. The second-order valence-electron chi connectivity index (χ2n) is 4.41. The summed E-state index contributed by atoms with van der Waals surface area (Å²) in [6, 6.07) is 0. The molecule has 1 N–H and O–H groups in total.